The fourth-order valence-electron chi connectivity index (χ4n) is 1.91. The van der Waals surface area contributed by atoms with Gasteiger partial charge in [-0.15, -0.1) is 0 Å². The summed E-state index contributed by atoms with van der Waals surface area (Å²) in [4.78, 5) is 25.7. The Hall–Kier alpha value is -2.50. The number of alkyl carbamates (subject to hydrolysis) is 1. The Balaban J connectivity index is 2.06. The number of benzene rings is 1. The fraction of sp³-hybridized carbons (Fsp3) is 0.333. The molecule has 0 bridgehead atoms. The molecule has 0 radical (unpaired) electrons. The van der Waals surface area contributed by atoms with E-state index in [1.807, 2.05) is 39.0 Å². The molecule has 0 unspecified atom stereocenters. The van der Waals surface area contributed by atoms with Crippen molar-refractivity contribution in [2.75, 3.05) is 0 Å². The number of rotatable bonds is 3. The third kappa shape index (κ3) is 3.98. The van der Waals surface area contributed by atoms with E-state index in [1.54, 1.807) is 6.07 Å². The normalized spacial score (nSPS) is 11.4. The molecular formula is C15H19N3O3. The number of nitrogens with one attached hydrogen (secondary N) is 2. The van der Waals surface area contributed by atoms with E-state index in [0.717, 1.165) is 16.5 Å². The number of hydrogen-bond donors (Lipinski definition) is 3. The van der Waals surface area contributed by atoms with E-state index in [9.17, 15) is 9.59 Å². The van der Waals surface area contributed by atoms with E-state index < -0.39 is 17.6 Å². The standard InChI is InChI=1S/C15H19N3O3/c1-15(2,3)21-14(20)17-8-9-4-5-10-7-12(13(16)19)18-11(10)6-9/h4-7,18H,8H2,1-3H3,(H2,16,19)(H,17,20). The second-order valence-corrected chi connectivity index (χ2v) is 5.82. The first-order chi connectivity index (χ1) is 9.74. The highest BCUT2D eigenvalue weighted by Crippen LogP contribution is 2.17. The number of aromatic amines is 1. The summed E-state index contributed by atoms with van der Waals surface area (Å²) >= 11 is 0. The number of ether oxygens (including phenoxy) is 1. The van der Waals surface area contributed by atoms with Crippen LogP contribution >= 0.6 is 0 Å². The van der Waals surface area contributed by atoms with Crippen LogP contribution in [0.25, 0.3) is 10.9 Å². The van der Waals surface area contributed by atoms with Crippen LogP contribution in [0.4, 0.5) is 4.79 Å². The molecule has 0 aliphatic heterocycles. The van der Waals surface area contributed by atoms with Gasteiger partial charge in [-0.05, 0) is 38.5 Å². The van der Waals surface area contributed by atoms with Crippen LogP contribution in [0.15, 0.2) is 24.3 Å². The molecule has 0 aliphatic rings. The van der Waals surface area contributed by atoms with Crippen molar-refractivity contribution in [3.05, 3.63) is 35.5 Å². The summed E-state index contributed by atoms with van der Waals surface area (Å²) in [5, 5.41) is 3.58. The molecule has 0 fully saturated rings. The van der Waals surface area contributed by atoms with Gasteiger partial charge in [0.15, 0.2) is 0 Å². The average Bonchev–Trinajstić information content (AvgIpc) is 2.77. The summed E-state index contributed by atoms with van der Waals surface area (Å²) in [6.45, 7) is 5.77. The van der Waals surface area contributed by atoms with Gasteiger partial charge in [-0.25, -0.2) is 4.79 Å². The number of H-pyrrole nitrogens is 1. The van der Waals surface area contributed by atoms with Crippen molar-refractivity contribution < 1.29 is 14.3 Å². The molecule has 0 saturated heterocycles. The number of hydrogen-bond acceptors (Lipinski definition) is 3. The average molecular weight is 289 g/mol. The Morgan fingerprint density at radius 2 is 2.00 bits per heavy atom. The van der Waals surface area contributed by atoms with Crippen LogP contribution in [-0.2, 0) is 11.3 Å². The molecule has 112 valence electrons. The fourth-order valence-corrected chi connectivity index (χ4v) is 1.91. The van der Waals surface area contributed by atoms with Crippen molar-refractivity contribution >= 4 is 22.9 Å². The molecule has 2 aromatic rings. The molecule has 0 spiro atoms. The minimum Gasteiger partial charge on any atom is -0.444 e. The van der Waals surface area contributed by atoms with Crippen LogP contribution in [0.2, 0.25) is 0 Å². The summed E-state index contributed by atoms with van der Waals surface area (Å²) < 4.78 is 5.16. The van der Waals surface area contributed by atoms with Gasteiger partial charge in [-0.1, -0.05) is 12.1 Å². The van der Waals surface area contributed by atoms with Gasteiger partial charge in [0.1, 0.15) is 11.3 Å². The molecular weight excluding hydrogens is 270 g/mol. The molecule has 21 heavy (non-hydrogen) atoms. The molecule has 6 nitrogen and oxygen atoms in total. The number of fused-ring (bicyclic) bond motifs is 1. The van der Waals surface area contributed by atoms with Gasteiger partial charge < -0.3 is 20.8 Å². The zero-order valence-corrected chi connectivity index (χ0v) is 12.3. The molecule has 0 aliphatic carbocycles. The van der Waals surface area contributed by atoms with E-state index in [2.05, 4.69) is 10.3 Å². The predicted octanol–water partition coefficient (Wildman–Crippen LogP) is 2.29. The highest BCUT2D eigenvalue weighted by molar-refractivity contribution is 5.97. The molecule has 2 amide bonds. The van der Waals surface area contributed by atoms with Crippen LogP contribution < -0.4 is 11.1 Å². The lowest BCUT2D eigenvalue weighted by Gasteiger charge is -2.19. The summed E-state index contributed by atoms with van der Waals surface area (Å²) in [5.74, 6) is -0.500. The maximum atomic E-state index is 11.6. The quantitative estimate of drug-likeness (QED) is 0.808. The molecule has 6 heteroatoms. The zero-order chi connectivity index (χ0) is 15.6. The second-order valence-electron chi connectivity index (χ2n) is 5.82. The van der Waals surface area contributed by atoms with Crippen molar-refractivity contribution in [3.8, 4) is 0 Å². The van der Waals surface area contributed by atoms with Crippen LogP contribution in [-0.4, -0.2) is 22.6 Å². The van der Waals surface area contributed by atoms with Crippen LogP contribution in [0.3, 0.4) is 0 Å². The number of carbonyl (C=O) groups is 2. The highest BCUT2D eigenvalue weighted by Gasteiger charge is 2.15. The van der Waals surface area contributed by atoms with Crippen LogP contribution in [0.5, 0.6) is 0 Å². The van der Waals surface area contributed by atoms with Crippen molar-refractivity contribution in [3.63, 3.8) is 0 Å². The molecule has 2 rings (SSSR count). The Bertz CT molecular complexity index is 683. The van der Waals surface area contributed by atoms with Gasteiger partial charge >= 0.3 is 6.09 Å². The lowest BCUT2D eigenvalue weighted by molar-refractivity contribution is 0.0523. The predicted molar refractivity (Wildman–Crippen MR) is 79.9 cm³/mol. The van der Waals surface area contributed by atoms with Crippen molar-refractivity contribution in [1.29, 1.82) is 0 Å². The second kappa shape index (κ2) is 5.47. The number of carbonyl (C=O) groups excluding carboxylic acids is 2. The van der Waals surface area contributed by atoms with Gasteiger partial charge in [0.2, 0.25) is 0 Å². The van der Waals surface area contributed by atoms with E-state index in [-0.39, 0.29) is 0 Å². The van der Waals surface area contributed by atoms with E-state index in [0.29, 0.717) is 12.2 Å². The largest absolute Gasteiger partial charge is 0.444 e. The number of primary amides is 1. The lowest BCUT2D eigenvalue weighted by Crippen LogP contribution is -2.32. The number of aromatic nitrogens is 1. The first-order valence-electron chi connectivity index (χ1n) is 6.63. The minimum atomic E-state index is -0.524. The van der Waals surface area contributed by atoms with E-state index >= 15 is 0 Å². The van der Waals surface area contributed by atoms with Crippen LogP contribution in [0, 0.1) is 0 Å². The molecule has 0 atom stereocenters. The monoisotopic (exact) mass is 289 g/mol. The molecule has 1 heterocycles. The third-order valence-electron chi connectivity index (χ3n) is 2.79. The van der Waals surface area contributed by atoms with Gasteiger partial charge in [0, 0.05) is 17.4 Å². The molecule has 0 saturated carbocycles. The Morgan fingerprint density at radius 3 is 2.62 bits per heavy atom. The van der Waals surface area contributed by atoms with Crippen molar-refractivity contribution in [1.82, 2.24) is 10.3 Å². The van der Waals surface area contributed by atoms with Gasteiger partial charge in [-0.3, -0.25) is 4.79 Å². The number of amides is 2. The van der Waals surface area contributed by atoms with Crippen LogP contribution in [0.1, 0.15) is 36.8 Å². The van der Waals surface area contributed by atoms with Crippen molar-refractivity contribution in [2.45, 2.75) is 32.9 Å². The maximum Gasteiger partial charge on any atom is 0.407 e. The molecule has 1 aromatic heterocycles. The van der Waals surface area contributed by atoms with Crippen molar-refractivity contribution in [2.24, 2.45) is 5.73 Å². The SMILES string of the molecule is CC(C)(C)OC(=O)NCc1ccc2cc(C(N)=O)[nH]c2c1. The first kappa shape index (κ1) is 14.9. The Labute approximate surface area is 122 Å². The highest BCUT2D eigenvalue weighted by atomic mass is 16.6. The summed E-state index contributed by atoms with van der Waals surface area (Å²) in [7, 11) is 0. The first-order valence-corrected chi connectivity index (χ1v) is 6.63. The maximum absolute atomic E-state index is 11.6. The van der Waals surface area contributed by atoms with Gasteiger partial charge in [-0.2, -0.15) is 0 Å². The summed E-state index contributed by atoms with van der Waals surface area (Å²) in [6, 6.07) is 7.30. The van der Waals surface area contributed by atoms with Gasteiger partial charge in [0.25, 0.3) is 5.91 Å². The molecule has 1 aromatic carbocycles. The summed E-state index contributed by atoms with van der Waals surface area (Å²) in [5.41, 5.74) is 6.76. The Morgan fingerprint density at radius 1 is 1.29 bits per heavy atom. The Kier molecular flexibility index (Phi) is 3.88. The topological polar surface area (TPSA) is 97.2 Å². The zero-order valence-electron chi connectivity index (χ0n) is 12.3. The molecule has 4 N–H and O–H groups in total. The number of nitrogens with two attached hydrogens (primary N) is 1. The van der Waals surface area contributed by atoms with E-state index in [1.165, 1.54) is 0 Å². The lowest BCUT2D eigenvalue weighted by atomic mass is 10.1. The minimum absolute atomic E-state index is 0.343. The third-order valence-corrected chi connectivity index (χ3v) is 2.79. The van der Waals surface area contributed by atoms with E-state index in [4.69, 9.17) is 10.5 Å². The van der Waals surface area contributed by atoms with Gasteiger partial charge in [0.05, 0.1) is 0 Å². The smallest absolute Gasteiger partial charge is 0.407 e. The summed E-state index contributed by atoms with van der Waals surface area (Å²) in [6.07, 6.45) is -0.466.